The van der Waals surface area contributed by atoms with Gasteiger partial charge in [0.25, 0.3) is 5.91 Å². The number of aromatic nitrogens is 3. The van der Waals surface area contributed by atoms with E-state index < -0.39 is 0 Å². The first-order chi connectivity index (χ1) is 10.2. The summed E-state index contributed by atoms with van der Waals surface area (Å²) in [6.07, 6.45) is 3.95. The summed E-state index contributed by atoms with van der Waals surface area (Å²) < 4.78 is 14.3. The van der Waals surface area contributed by atoms with Gasteiger partial charge in [0.1, 0.15) is 11.5 Å². The zero-order chi connectivity index (χ0) is 14.7. The molecule has 5 nitrogen and oxygen atoms in total. The SMILES string of the molecule is O=C(NCCc1ccc(F)cc1)c1ccc2nccn2n1. The number of halogens is 1. The Hall–Kier alpha value is -2.76. The fourth-order valence-electron chi connectivity index (χ4n) is 2.00. The van der Waals surface area contributed by atoms with Gasteiger partial charge in [-0.2, -0.15) is 5.10 Å². The van der Waals surface area contributed by atoms with E-state index in [1.54, 1.807) is 41.2 Å². The Morgan fingerprint density at radius 1 is 1.19 bits per heavy atom. The molecule has 0 radical (unpaired) electrons. The molecule has 21 heavy (non-hydrogen) atoms. The second kappa shape index (κ2) is 5.70. The quantitative estimate of drug-likeness (QED) is 0.795. The summed E-state index contributed by atoms with van der Waals surface area (Å²) in [4.78, 5) is 16.1. The van der Waals surface area contributed by atoms with E-state index >= 15 is 0 Å². The topological polar surface area (TPSA) is 59.3 Å². The summed E-state index contributed by atoms with van der Waals surface area (Å²) in [7, 11) is 0. The van der Waals surface area contributed by atoms with Crippen molar-refractivity contribution in [2.75, 3.05) is 6.54 Å². The van der Waals surface area contributed by atoms with Gasteiger partial charge in [-0.3, -0.25) is 4.79 Å². The highest BCUT2D eigenvalue weighted by Crippen LogP contribution is 2.03. The van der Waals surface area contributed by atoms with Gasteiger partial charge in [-0.25, -0.2) is 13.9 Å². The summed E-state index contributed by atoms with van der Waals surface area (Å²) in [5, 5.41) is 6.95. The molecular formula is C15H13FN4O. The molecule has 0 aliphatic rings. The Bertz CT molecular complexity index is 767. The Kier molecular flexibility index (Phi) is 3.59. The van der Waals surface area contributed by atoms with E-state index in [0.717, 1.165) is 5.56 Å². The highest BCUT2D eigenvalue weighted by molar-refractivity contribution is 5.92. The first-order valence-corrected chi connectivity index (χ1v) is 6.55. The number of benzene rings is 1. The Balaban J connectivity index is 1.59. The van der Waals surface area contributed by atoms with Crippen LogP contribution in [0.2, 0.25) is 0 Å². The molecule has 0 aliphatic heterocycles. The molecule has 0 unspecified atom stereocenters. The Labute approximate surface area is 120 Å². The van der Waals surface area contributed by atoms with Crippen LogP contribution in [-0.2, 0) is 6.42 Å². The number of hydrogen-bond acceptors (Lipinski definition) is 3. The van der Waals surface area contributed by atoms with E-state index in [1.165, 1.54) is 12.1 Å². The molecule has 0 saturated heterocycles. The number of nitrogens with zero attached hydrogens (tertiary/aromatic N) is 3. The van der Waals surface area contributed by atoms with Gasteiger partial charge in [0.2, 0.25) is 0 Å². The predicted molar refractivity (Wildman–Crippen MR) is 75.4 cm³/mol. The number of carbonyl (C=O) groups excluding carboxylic acids is 1. The van der Waals surface area contributed by atoms with Crippen molar-refractivity contribution in [1.82, 2.24) is 19.9 Å². The Morgan fingerprint density at radius 3 is 2.81 bits per heavy atom. The standard InChI is InChI=1S/C15H13FN4O/c16-12-3-1-11(2-4-12)7-8-18-15(21)13-5-6-14-17-9-10-20(14)19-13/h1-6,9-10H,7-8H2,(H,18,21). The third-order valence-corrected chi connectivity index (χ3v) is 3.10. The molecular weight excluding hydrogens is 271 g/mol. The average molecular weight is 284 g/mol. The van der Waals surface area contributed by atoms with Crippen LogP contribution in [0.3, 0.4) is 0 Å². The van der Waals surface area contributed by atoms with Crippen LogP contribution >= 0.6 is 0 Å². The maximum atomic E-state index is 12.8. The molecule has 3 aromatic rings. The monoisotopic (exact) mass is 284 g/mol. The largest absolute Gasteiger partial charge is 0.350 e. The summed E-state index contributed by atoms with van der Waals surface area (Å²) >= 11 is 0. The fourth-order valence-corrected chi connectivity index (χ4v) is 2.00. The van der Waals surface area contributed by atoms with Crippen molar-refractivity contribution >= 4 is 11.6 Å². The highest BCUT2D eigenvalue weighted by Gasteiger charge is 2.08. The molecule has 1 amide bonds. The zero-order valence-electron chi connectivity index (χ0n) is 11.2. The lowest BCUT2D eigenvalue weighted by atomic mass is 10.1. The van der Waals surface area contributed by atoms with Gasteiger partial charge in [-0.15, -0.1) is 0 Å². The van der Waals surface area contributed by atoms with Crippen molar-refractivity contribution in [1.29, 1.82) is 0 Å². The molecule has 1 aromatic carbocycles. The molecule has 2 heterocycles. The predicted octanol–water partition coefficient (Wildman–Crippen LogP) is 1.84. The van der Waals surface area contributed by atoms with Crippen LogP contribution < -0.4 is 5.32 Å². The lowest BCUT2D eigenvalue weighted by molar-refractivity contribution is 0.0948. The number of nitrogens with one attached hydrogen (secondary N) is 1. The second-order valence-corrected chi connectivity index (χ2v) is 4.58. The van der Waals surface area contributed by atoms with Crippen LogP contribution in [0.5, 0.6) is 0 Å². The van der Waals surface area contributed by atoms with Crippen LogP contribution in [-0.4, -0.2) is 27.0 Å². The van der Waals surface area contributed by atoms with Crippen molar-refractivity contribution < 1.29 is 9.18 Å². The minimum Gasteiger partial charge on any atom is -0.350 e. The number of fused-ring (bicyclic) bond motifs is 1. The minimum atomic E-state index is -0.263. The summed E-state index contributed by atoms with van der Waals surface area (Å²) in [5.74, 6) is -0.506. The fraction of sp³-hybridized carbons (Fsp3) is 0.133. The third-order valence-electron chi connectivity index (χ3n) is 3.10. The maximum absolute atomic E-state index is 12.8. The third kappa shape index (κ3) is 3.05. The van der Waals surface area contributed by atoms with Gasteiger partial charge in [0, 0.05) is 18.9 Å². The highest BCUT2D eigenvalue weighted by atomic mass is 19.1. The van der Waals surface area contributed by atoms with E-state index in [1.807, 2.05) is 0 Å². The lowest BCUT2D eigenvalue weighted by Crippen LogP contribution is -2.27. The maximum Gasteiger partial charge on any atom is 0.271 e. The molecule has 0 saturated carbocycles. The summed E-state index contributed by atoms with van der Waals surface area (Å²) in [5.41, 5.74) is 1.99. The lowest BCUT2D eigenvalue weighted by Gasteiger charge is -2.05. The van der Waals surface area contributed by atoms with Crippen LogP contribution in [0, 0.1) is 5.82 Å². The van der Waals surface area contributed by atoms with Crippen LogP contribution in [0.25, 0.3) is 5.65 Å². The second-order valence-electron chi connectivity index (χ2n) is 4.58. The molecule has 0 bridgehead atoms. The van der Waals surface area contributed by atoms with Crippen LogP contribution in [0.4, 0.5) is 4.39 Å². The minimum absolute atomic E-state index is 0.243. The molecule has 106 valence electrons. The van der Waals surface area contributed by atoms with Gasteiger partial charge < -0.3 is 5.32 Å². The van der Waals surface area contributed by atoms with Crippen molar-refractivity contribution in [3.05, 3.63) is 65.9 Å². The van der Waals surface area contributed by atoms with Gasteiger partial charge in [-0.1, -0.05) is 12.1 Å². The Morgan fingerprint density at radius 2 is 2.00 bits per heavy atom. The number of amides is 1. The number of imidazole rings is 1. The number of rotatable bonds is 4. The van der Waals surface area contributed by atoms with Gasteiger partial charge in [0.15, 0.2) is 5.65 Å². The molecule has 0 atom stereocenters. The molecule has 2 aromatic heterocycles. The molecule has 0 aliphatic carbocycles. The van der Waals surface area contributed by atoms with Crippen molar-refractivity contribution in [3.63, 3.8) is 0 Å². The van der Waals surface area contributed by atoms with E-state index in [2.05, 4.69) is 15.4 Å². The molecule has 3 rings (SSSR count). The van der Waals surface area contributed by atoms with Gasteiger partial charge in [-0.05, 0) is 36.2 Å². The van der Waals surface area contributed by atoms with E-state index in [0.29, 0.717) is 24.3 Å². The normalized spacial score (nSPS) is 10.7. The molecule has 1 N–H and O–H groups in total. The van der Waals surface area contributed by atoms with E-state index in [4.69, 9.17) is 0 Å². The summed E-state index contributed by atoms with van der Waals surface area (Å²) in [6.45, 7) is 0.466. The van der Waals surface area contributed by atoms with Crippen LogP contribution in [0.15, 0.2) is 48.8 Å². The van der Waals surface area contributed by atoms with E-state index in [-0.39, 0.29) is 11.7 Å². The molecule has 0 spiro atoms. The number of hydrogen-bond donors (Lipinski definition) is 1. The number of carbonyl (C=O) groups is 1. The summed E-state index contributed by atoms with van der Waals surface area (Å²) in [6, 6.07) is 9.60. The molecule has 0 fully saturated rings. The van der Waals surface area contributed by atoms with Gasteiger partial charge in [0.05, 0.1) is 0 Å². The average Bonchev–Trinajstić information content (AvgIpc) is 2.96. The van der Waals surface area contributed by atoms with E-state index in [9.17, 15) is 9.18 Å². The first-order valence-electron chi connectivity index (χ1n) is 6.55. The zero-order valence-corrected chi connectivity index (χ0v) is 11.2. The van der Waals surface area contributed by atoms with Crippen molar-refractivity contribution in [2.24, 2.45) is 0 Å². The first kappa shape index (κ1) is 13.2. The van der Waals surface area contributed by atoms with Crippen molar-refractivity contribution in [2.45, 2.75) is 6.42 Å². The molecule has 6 heteroatoms. The smallest absolute Gasteiger partial charge is 0.271 e. The van der Waals surface area contributed by atoms with Gasteiger partial charge >= 0.3 is 0 Å². The van der Waals surface area contributed by atoms with Crippen LogP contribution in [0.1, 0.15) is 16.1 Å². The van der Waals surface area contributed by atoms with Crippen molar-refractivity contribution in [3.8, 4) is 0 Å².